The van der Waals surface area contributed by atoms with Crippen molar-refractivity contribution in [3.05, 3.63) is 62.5 Å². The van der Waals surface area contributed by atoms with Gasteiger partial charge in [0, 0.05) is 49.0 Å². The Morgan fingerprint density at radius 2 is 1.71 bits per heavy atom. The summed E-state index contributed by atoms with van der Waals surface area (Å²) >= 11 is 7.24. The number of nitro benzene ring substituents is 1. The summed E-state index contributed by atoms with van der Waals surface area (Å²) in [4.78, 5) is 37.6. The van der Waals surface area contributed by atoms with Crippen molar-refractivity contribution in [3.8, 4) is 0 Å². The van der Waals surface area contributed by atoms with Gasteiger partial charge in [0.25, 0.3) is 11.6 Å². The molecule has 1 fully saturated rings. The van der Waals surface area contributed by atoms with Gasteiger partial charge in [0.2, 0.25) is 0 Å². The summed E-state index contributed by atoms with van der Waals surface area (Å²) in [6, 6.07) is 11.1. The summed E-state index contributed by atoms with van der Waals surface area (Å²) in [5.74, 6) is -2.36. The van der Waals surface area contributed by atoms with E-state index in [1.54, 1.807) is 30.3 Å². The van der Waals surface area contributed by atoms with Crippen molar-refractivity contribution in [1.29, 1.82) is 0 Å². The molecule has 0 radical (unpaired) electrons. The number of carbonyl (C=O) groups excluding carboxylic acids is 2. The molecule has 0 aliphatic carbocycles. The SMILES string of the molecule is O=C(Nc1ccc(N2CCN(C(=O)C(F)(F)F)CC2)cc1)c1sc2c([N+](=O)[O-])cccc2c1Cl. The molecule has 13 heteroatoms. The number of non-ortho nitro benzene ring substituents is 1. The van der Waals surface area contributed by atoms with E-state index in [0.29, 0.717) is 15.8 Å². The Labute approximate surface area is 199 Å². The van der Waals surface area contributed by atoms with E-state index >= 15 is 0 Å². The molecule has 2 aromatic carbocycles. The first-order valence-corrected chi connectivity index (χ1v) is 11.1. The van der Waals surface area contributed by atoms with Crippen LogP contribution in [0.4, 0.5) is 30.2 Å². The van der Waals surface area contributed by atoms with E-state index in [0.717, 1.165) is 21.9 Å². The number of nitro groups is 1. The van der Waals surface area contributed by atoms with Gasteiger partial charge in [-0.2, -0.15) is 13.2 Å². The van der Waals surface area contributed by atoms with Gasteiger partial charge >= 0.3 is 12.1 Å². The lowest BCUT2D eigenvalue weighted by Gasteiger charge is -2.36. The van der Waals surface area contributed by atoms with E-state index in [9.17, 15) is 32.9 Å². The van der Waals surface area contributed by atoms with Crippen LogP contribution in [0, 0.1) is 10.1 Å². The molecule has 1 aliphatic rings. The number of hydrogen-bond acceptors (Lipinski definition) is 6. The number of nitrogens with one attached hydrogen (secondary N) is 1. The van der Waals surface area contributed by atoms with Gasteiger partial charge in [0.1, 0.15) is 9.58 Å². The van der Waals surface area contributed by atoms with Gasteiger partial charge in [0.15, 0.2) is 0 Å². The summed E-state index contributed by atoms with van der Waals surface area (Å²) in [5, 5.41) is 14.5. The first-order chi connectivity index (χ1) is 16.1. The lowest BCUT2D eigenvalue weighted by molar-refractivity contribution is -0.382. The standard InChI is InChI=1S/C21H16ClF3N4O4S/c22-16-14-2-1-3-15(29(32)33)17(14)34-18(16)19(30)26-12-4-6-13(7-5-12)27-8-10-28(11-9-27)20(31)21(23,24)25/h1-7H,8-11H2,(H,26,30). The highest BCUT2D eigenvalue weighted by molar-refractivity contribution is 7.22. The third-order valence-corrected chi connectivity index (χ3v) is 7.07. The Balaban J connectivity index is 1.43. The fourth-order valence-electron chi connectivity index (χ4n) is 3.65. The topological polar surface area (TPSA) is 95.8 Å². The number of rotatable bonds is 4. The lowest BCUT2D eigenvalue weighted by Crippen LogP contribution is -2.52. The normalized spacial score (nSPS) is 14.4. The van der Waals surface area contributed by atoms with Gasteiger partial charge < -0.3 is 15.1 Å². The molecular weight excluding hydrogens is 497 g/mol. The molecule has 2 heterocycles. The smallest absolute Gasteiger partial charge is 0.368 e. The zero-order chi connectivity index (χ0) is 24.6. The van der Waals surface area contributed by atoms with E-state index in [1.165, 1.54) is 12.1 Å². The Bertz CT molecular complexity index is 1270. The van der Waals surface area contributed by atoms with Gasteiger partial charge in [-0.3, -0.25) is 19.7 Å². The minimum absolute atomic E-state index is 0.0482. The zero-order valence-corrected chi connectivity index (χ0v) is 18.8. The molecule has 178 valence electrons. The minimum atomic E-state index is -4.88. The molecule has 1 aromatic heterocycles. The van der Waals surface area contributed by atoms with Crippen molar-refractivity contribution in [2.24, 2.45) is 0 Å². The van der Waals surface area contributed by atoms with Crippen LogP contribution >= 0.6 is 22.9 Å². The average molecular weight is 513 g/mol. The van der Waals surface area contributed by atoms with E-state index in [2.05, 4.69) is 5.32 Å². The van der Waals surface area contributed by atoms with Crippen LogP contribution < -0.4 is 10.2 Å². The van der Waals surface area contributed by atoms with Crippen molar-refractivity contribution < 1.29 is 27.7 Å². The highest BCUT2D eigenvalue weighted by Crippen LogP contribution is 2.40. The fourth-order valence-corrected chi connectivity index (χ4v) is 5.14. The summed E-state index contributed by atoms with van der Waals surface area (Å²) in [7, 11) is 0. The molecule has 0 atom stereocenters. The molecule has 1 saturated heterocycles. The summed E-state index contributed by atoms with van der Waals surface area (Å²) < 4.78 is 38.1. The highest BCUT2D eigenvalue weighted by atomic mass is 35.5. The van der Waals surface area contributed by atoms with Gasteiger partial charge in [-0.25, -0.2) is 0 Å². The number of benzene rings is 2. The van der Waals surface area contributed by atoms with Crippen LogP contribution in [0.2, 0.25) is 5.02 Å². The number of nitrogens with zero attached hydrogens (tertiary/aromatic N) is 3. The van der Waals surface area contributed by atoms with Crippen LogP contribution in [-0.2, 0) is 4.79 Å². The molecule has 0 saturated carbocycles. The second kappa shape index (κ2) is 9.11. The number of alkyl halides is 3. The zero-order valence-electron chi connectivity index (χ0n) is 17.3. The first-order valence-electron chi connectivity index (χ1n) is 9.94. The average Bonchev–Trinajstić information content (AvgIpc) is 3.15. The number of thiophene rings is 1. The molecular formula is C21H16ClF3N4O4S. The van der Waals surface area contributed by atoms with Gasteiger partial charge in [-0.15, -0.1) is 11.3 Å². The number of carbonyl (C=O) groups is 2. The highest BCUT2D eigenvalue weighted by Gasteiger charge is 2.43. The molecule has 4 rings (SSSR count). The molecule has 8 nitrogen and oxygen atoms in total. The Hall–Kier alpha value is -3.38. The molecule has 1 aliphatic heterocycles. The molecule has 0 bridgehead atoms. The monoisotopic (exact) mass is 512 g/mol. The number of piperazine rings is 1. The molecule has 0 unspecified atom stereocenters. The molecule has 0 spiro atoms. The summed E-state index contributed by atoms with van der Waals surface area (Å²) in [6.07, 6.45) is -4.88. The van der Waals surface area contributed by atoms with E-state index in [-0.39, 0.29) is 41.8 Å². The summed E-state index contributed by atoms with van der Waals surface area (Å²) in [6.45, 7) is 0.383. The number of anilines is 2. The fraction of sp³-hybridized carbons (Fsp3) is 0.238. The van der Waals surface area contributed by atoms with Gasteiger partial charge in [-0.05, 0) is 24.3 Å². The molecule has 34 heavy (non-hydrogen) atoms. The lowest BCUT2D eigenvalue weighted by atomic mass is 10.2. The van der Waals surface area contributed by atoms with Crippen molar-refractivity contribution in [3.63, 3.8) is 0 Å². The van der Waals surface area contributed by atoms with Crippen molar-refractivity contribution in [2.45, 2.75) is 6.18 Å². The second-order valence-corrected chi connectivity index (χ2v) is 8.83. The Kier molecular flexibility index (Phi) is 6.36. The molecule has 2 amide bonds. The second-order valence-electron chi connectivity index (χ2n) is 7.43. The largest absolute Gasteiger partial charge is 0.471 e. The Morgan fingerprint density at radius 1 is 1.06 bits per heavy atom. The van der Waals surface area contributed by atoms with Crippen LogP contribution in [0.1, 0.15) is 9.67 Å². The summed E-state index contributed by atoms with van der Waals surface area (Å²) in [5.41, 5.74) is 1.04. The van der Waals surface area contributed by atoms with Crippen molar-refractivity contribution in [1.82, 2.24) is 4.90 Å². The number of fused-ring (bicyclic) bond motifs is 1. The van der Waals surface area contributed by atoms with E-state index < -0.39 is 22.9 Å². The first kappa shape index (κ1) is 23.8. The maximum absolute atomic E-state index is 12.8. The molecule has 1 N–H and O–H groups in total. The van der Waals surface area contributed by atoms with Crippen molar-refractivity contribution in [2.75, 3.05) is 36.4 Å². The van der Waals surface area contributed by atoms with Gasteiger partial charge in [-0.1, -0.05) is 23.7 Å². The van der Waals surface area contributed by atoms with Crippen molar-refractivity contribution >= 4 is 61.9 Å². The van der Waals surface area contributed by atoms with Crippen LogP contribution in [0.25, 0.3) is 10.1 Å². The number of amides is 2. The third-order valence-electron chi connectivity index (χ3n) is 5.34. The van der Waals surface area contributed by atoms with Gasteiger partial charge in [0.05, 0.1) is 9.95 Å². The maximum Gasteiger partial charge on any atom is 0.471 e. The van der Waals surface area contributed by atoms with E-state index in [4.69, 9.17) is 11.6 Å². The van der Waals surface area contributed by atoms with Crippen LogP contribution in [-0.4, -0.2) is 54.0 Å². The van der Waals surface area contributed by atoms with Crippen LogP contribution in [0.3, 0.4) is 0 Å². The number of halogens is 4. The minimum Gasteiger partial charge on any atom is -0.368 e. The molecule has 3 aromatic rings. The van der Waals surface area contributed by atoms with Crippen LogP contribution in [0.15, 0.2) is 42.5 Å². The predicted molar refractivity (Wildman–Crippen MR) is 123 cm³/mol. The maximum atomic E-state index is 12.8. The van der Waals surface area contributed by atoms with E-state index in [1.807, 2.05) is 4.90 Å². The predicted octanol–water partition coefficient (Wildman–Crippen LogP) is 4.93. The van der Waals surface area contributed by atoms with Crippen LogP contribution in [0.5, 0.6) is 0 Å². The third kappa shape index (κ3) is 4.64. The quantitative estimate of drug-likeness (QED) is 0.395. The Morgan fingerprint density at radius 3 is 2.29 bits per heavy atom. The number of hydrogen-bond donors (Lipinski definition) is 1.